The molecule has 0 spiro atoms. The lowest BCUT2D eigenvalue weighted by molar-refractivity contribution is -0.151. The number of hydrogen-bond acceptors (Lipinski definition) is 7. The van der Waals surface area contributed by atoms with Crippen LogP contribution in [0.2, 0.25) is 0 Å². The van der Waals surface area contributed by atoms with Gasteiger partial charge in [-0.2, -0.15) is 0 Å². The van der Waals surface area contributed by atoms with Crippen LogP contribution in [0.4, 0.5) is 5.69 Å². The van der Waals surface area contributed by atoms with Crippen molar-refractivity contribution in [3.8, 4) is 11.5 Å². The second-order valence-corrected chi connectivity index (χ2v) is 7.43. The van der Waals surface area contributed by atoms with Gasteiger partial charge in [-0.1, -0.05) is 17.7 Å². The second kappa shape index (κ2) is 10.5. The fourth-order valence-electron chi connectivity index (χ4n) is 3.21. The van der Waals surface area contributed by atoms with Crippen molar-refractivity contribution in [1.82, 2.24) is 10.4 Å². The monoisotopic (exact) mass is 455 g/mol. The fraction of sp³-hybridized carbons (Fsp3) is 0.304. The molecule has 0 aliphatic carbocycles. The van der Waals surface area contributed by atoms with Gasteiger partial charge in [0.05, 0.1) is 32.4 Å². The highest BCUT2D eigenvalue weighted by atomic mass is 16.5. The predicted octanol–water partition coefficient (Wildman–Crippen LogP) is 1.69. The Morgan fingerprint density at radius 2 is 1.79 bits per heavy atom. The Balaban J connectivity index is 1.49. The third-order valence-electron chi connectivity index (χ3n) is 5.04. The lowest BCUT2D eigenvalue weighted by Crippen LogP contribution is -2.43. The van der Waals surface area contributed by atoms with E-state index in [0.717, 1.165) is 10.6 Å². The maximum atomic E-state index is 12.4. The highest BCUT2D eigenvalue weighted by molar-refractivity contribution is 5.97. The van der Waals surface area contributed by atoms with Crippen molar-refractivity contribution in [2.75, 3.05) is 32.7 Å². The molecule has 2 N–H and O–H groups in total. The number of esters is 1. The Hall–Kier alpha value is -4.08. The SMILES string of the molecule is COc1ccc(NC(=O)COC(=O)[C@H]2CC(=O)N(NC(=O)c3ccc(C)cc3)C2)c(OC)c1. The number of carbonyl (C=O) groups excluding carboxylic acids is 4. The van der Waals surface area contributed by atoms with Crippen molar-refractivity contribution in [3.63, 3.8) is 0 Å². The number of hydrogen-bond donors (Lipinski definition) is 2. The number of ether oxygens (including phenoxy) is 3. The van der Waals surface area contributed by atoms with Gasteiger partial charge in [-0.05, 0) is 31.2 Å². The van der Waals surface area contributed by atoms with Crippen LogP contribution in [0.3, 0.4) is 0 Å². The first-order chi connectivity index (χ1) is 15.8. The number of aryl methyl sites for hydroxylation is 1. The first-order valence-electron chi connectivity index (χ1n) is 10.2. The average Bonchev–Trinajstić information content (AvgIpc) is 3.18. The smallest absolute Gasteiger partial charge is 0.311 e. The lowest BCUT2D eigenvalue weighted by Gasteiger charge is -2.17. The Morgan fingerprint density at radius 3 is 2.45 bits per heavy atom. The Kier molecular flexibility index (Phi) is 7.50. The number of benzene rings is 2. The Morgan fingerprint density at radius 1 is 1.06 bits per heavy atom. The fourth-order valence-corrected chi connectivity index (χ4v) is 3.21. The summed E-state index contributed by atoms with van der Waals surface area (Å²) in [5, 5.41) is 3.69. The highest BCUT2D eigenvalue weighted by Gasteiger charge is 2.36. The second-order valence-electron chi connectivity index (χ2n) is 7.43. The summed E-state index contributed by atoms with van der Waals surface area (Å²) in [6.07, 6.45) is -0.124. The predicted molar refractivity (Wildman–Crippen MR) is 118 cm³/mol. The molecule has 2 aromatic rings. The molecule has 1 heterocycles. The van der Waals surface area contributed by atoms with Crippen molar-refractivity contribution in [2.45, 2.75) is 13.3 Å². The molecule has 3 rings (SSSR count). The minimum atomic E-state index is -0.792. The van der Waals surface area contributed by atoms with E-state index in [-0.39, 0.29) is 13.0 Å². The summed E-state index contributed by atoms with van der Waals surface area (Å²) in [5.74, 6) is -1.99. The zero-order valence-electron chi connectivity index (χ0n) is 18.5. The number of anilines is 1. The van der Waals surface area contributed by atoms with E-state index < -0.39 is 36.2 Å². The van der Waals surface area contributed by atoms with Crippen LogP contribution in [0.15, 0.2) is 42.5 Å². The maximum Gasteiger partial charge on any atom is 0.311 e. The molecule has 1 aliphatic heterocycles. The number of methoxy groups -OCH3 is 2. The first-order valence-corrected chi connectivity index (χ1v) is 10.2. The van der Waals surface area contributed by atoms with Gasteiger partial charge in [-0.25, -0.2) is 0 Å². The lowest BCUT2D eigenvalue weighted by atomic mass is 10.1. The van der Waals surface area contributed by atoms with Crippen molar-refractivity contribution >= 4 is 29.4 Å². The van der Waals surface area contributed by atoms with E-state index in [1.165, 1.54) is 14.2 Å². The first kappa shape index (κ1) is 23.6. The third kappa shape index (κ3) is 6.00. The number of hydrazine groups is 1. The number of nitrogens with one attached hydrogen (secondary N) is 2. The van der Waals surface area contributed by atoms with Gasteiger partial charge >= 0.3 is 5.97 Å². The number of amides is 3. The molecular formula is C23H25N3O7. The van der Waals surface area contributed by atoms with Crippen LogP contribution in [0.1, 0.15) is 22.3 Å². The molecule has 0 unspecified atom stereocenters. The highest BCUT2D eigenvalue weighted by Crippen LogP contribution is 2.29. The molecule has 0 radical (unpaired) electrons. The van der Waals surface area contributed by atoms with Gasteiger partial charge in [0.2, 0.25) is 5.91 Å². The van der Waals surface area contributed by atoms with Gasteiger partial charge in [0.25, 0.3) is 11.8 Å². The number of rotatable bonds is 8. The van der Waals surface area contributed by atoms with Crippen LogP contribution in [0.25, 0.3) is 0 Å². The molecule has 0 saturated carbocycles. The molecule has 33 heavy (non-hydrogen) atoms. The van der Waals surface area contributed by atoms with Crippen molar-refractivity contribution in [1.29, 1.82) is 0 Å². The summed E-state index contributed by atoms with van der Waals surface area (Å²) in [7, 11) is 2.96. The summed E-state index contributed by atoms with van der Waals surface area (Å²) in [4.78, 5) is 49.1. The van der Waals surface area contributed by atoms with E-state index >= 15 is 0 Å². The third-order valence-corrected chi connectivity index (χ3v) is 5.04. The zero-order chi connectivity index (χ0) is 24.0. The van der Waals surface area contributed by atoms with Crippen LogP contribution in [0.5, 0.6) is 11.5 Å². The normalized spacial score (nSPS) is 15.1. The minimum Gasteiger partial charge on any atom is -0.497 e. The molecule has 174 valence electrons. The van der Waals surface area contributed by atoms with Crippen LogP contribution in [-0.2, 0) is 19.1 Å². The molecule has 3 amide bonds. The summed E-state index contributed by atoms with van der Waals surface area (Å²) in [6, 6.07) is 11.7. The van der Waals surface area contributed by atoms with Gasteiger partial charge in [0.15, 0.2) is 6.61 Å². The maximum absolute atomic E-state index is 12.4. The quantitative estimate of drug-likeness (QED) is 0.581. The van der Waals surface area contributed by atoms with E-state index in [0.29, 0.717) is 22.7 Å². The van der Waals surface area contributed by atoms with Crippen LogP contribution in [-0.4, -0.2) is 56.1 Å². The van der Waals surface area contributed by atoms with E-state index in [2.05, 4.69) is 10.7 Å². The van der Waals surface area contributed by atoms with Crippen molar-refractivity contribution in [2.24, 2.45) is 5.92 Å². The molecule has 10 nitrogen and oxygen atoms in total. The zero-order valence-corrected chi connectivity index (χ0v) is 18.5. The molecule has 0 aromatic heterocycles. The van der Waals surface area contributed by atoms with Gasteiger partial charge in [-0.15, -0.1) is 0 Å². The summed E-state index contributed by atoms with van der Waals surface area (Å²) >= 11 is 0. The van der Waals surface area contributed by atoms with Crippen molar-refractivity contribution in [3.05, 3.63) is 53.6 Å². The van der Waals surface area contributed by atoms with Gasteiger partial charge in [0, 0.05) is 18.1 Å². The molecule has 1 saturated heterocycles. The minimum absolute atomic E-state index is 0.0385. The number of nitrogens with zero attached hydrogens (tertiary/aromatic N) is 1. The summed E-state index contributed by atoms with van der Waals surface area (Å²) < 4.78 is 15.4. The topological polar surface area (TPSA) is 123 Å². The molecular weight excluding hydrogens is 430 g/mol. The van der Waals surface area contributed by atoms with Crippen molar-refractivity contribution < 1.29 is 33.4 Å². The van der Waals surface area contributed by atoms with Crippen LogP contribution < -0.4 is 20.2 Å². The van der Waals surface area contributed by atoms with Gasteiger partial charge < -0.3 is 19.5 Å². The molecule has 1 atom stereocenters. The molecule has 0 bridgehead atoms. The Bertz CT molecular complexity index is 1050. The van der Waals surface area contributed by atoms with E-state index in [1.807, 2.05) is 6.92 Å². The molecule has 1 fully saturated rings. The van der Waals surface area contributed by atoms with E-state index in [9.17, 15) is 19.2 Å². The Labute approximate surface area is 190 Å². The standard InChI is InChI=1S/C23H25N3O7/c1-14-4-6-15(7-5-14)22(29)25-26-12-16(10-21(26)28)23(30)33-13-20(27)24-18-9-8-17(31-2)11-19(18)32-3/h4-9,11,16H,10,12-13H2,1-3H3,(H,24,27)(H,25,29)/t16-/m0/s1. The van der Waals surface area contributed by atoms with Gasteiger partial charge in [0.1, 0.15) is 11.5 Å². The van der Waals surface area contributed by atoms with E-state index in [1.54, 1.807) is 42.5 Å². The van der Waals surface area contributed by atoms with Gasteiger partial charge in [-0.3, -0.25) is 29.6 Å². The molecule has 10 heteroatoms. The van der Waals surface area contributed by atoms with E-state index in [4.69, 9.17) is 14.2 Å². The summed E-state index contributed by atoms with van der Waals surface area (Å²) in [5.41, 5.74) is 4.29. The van der Waals surface area contributed by atoms with Crippen LogP contribution in [0, 0.1) is 12.8 Å². The number of carbonyl (C=O) groups is 4. The largest absolute Gasteiger partial charge is 0.497 e. The average molecular weight is 455 g/mol. The van der Waals surface area contributed by atoms with Crippen LogP contribution >= 0.6 is 0 Å². The molecule has 1 aliphatic rings. The molecule has 2 aromatic carbocycles. The summed E-state index contributed by atoms with van der Waals surface area (Å²) in [6.45, 7) is 1.33.